The fourth-order valence-corrected chi connectivity index (χ4v) is 6.00. The summed E-state index contributed by atoms with van der Waals surface area (Å²) in [5.41, 5.74) is 8.87. The van der Waals surface area contributed by atoms with E-state index in [0.29, 0.717) is 31.1 Å². The number of carbonyl (C=O) groups is 1. The monoisotopic (exact) mass is 579 g/mol. The van der Waals surface area contributed by atoms with Crippen LogP contribution in [0.3, 0.4) is 0 Å². The fourth-order valence-electron chi connectivity index (χ4n) is 5.04. The summed E-state index contributed by atoms with van der Waals surface area (Å²) in [6.07, 6.45) is 3.26. The third-order valence-electron chi connectivity index (χ3n) is 7.19. The first kappa shape index (κ1) is 28.9. The van der Waals surface area contributed by atoms with Gasteiger partial charge in [-0.15, -0.1) is 11.3 Å². The maximum absolute atomic E-state index is 14.0. The zero-order valence-corrected chi connectivity index (χ0v) is 24.8. The third-order valence-corrected chi connectivity index (χ3v) is 8.21. The molecule has 42 heavy (non-hydrogen) atoms. The van der Waals surface area contributed by atoms with Crippen LogP contribution in [-0.2, 0) is 29.0 Å². The first-order chi connectivity index (χ1) is 20.5. The molecule has 0 saturated heterocycles. The number of nitrogens with zero attached hydrogens (tertiary/aromatic N) is 4. The molecule has 0 aliphatic carbocycles. The van der Waals surface area contributed by atoms with Crippen LogP contribution in [0.25, 0.3) is 21.3 Å². The lowest BCUT2D eigenvalue weighted by atomic mass is 9.96. The highest BCUT2D eigenvalue weighted by molar-refractivity contribution is 7.18. The molecule has 1 N–H and O–H groups in total. The number of aryl methyl sites for hydroxylation is 2. The van der Waals surface area contributed by atoms with Crippen molar-refractivity contribution < 1.29 is 9.63 Å². The van der Waals surface area contributed by atoms with Crippen LogP contribution in [0.5, 0.6) is 0 Å². The van der Waals surface area contributed by atoms with Crippen LogP contribution in [-0.4, -0.2) is 33.9 Å². The van der Waals surface area contributed by atoms with E-state index in [1.54, 1.807) is 23.0 Å². The van der Waals surface area contributed by atoms with E-state index in [2.05, 4.69) is 23.5 Å². The van der Waals surface area contributed by atoms with Crippen LogP contribution in [0.1, 0.15) is 53.0 Å². The van der Waals surface area contributed by atoms with E-state index in [0.717, 1.165) is 68.0 Å². The first-order valence-corrected chi connectivity index (χ1v) is 14.8. The number of hydrogen-bond acceptors (Lipinski definition) is 7. The van der Waals surface area contributed by atoms with Gasteiger partial charge in [-0.25, -0.2) is 15.4 Å². The Labute approximate surface area is 248 Å². The van der Waals surface area contributed by atoms with Gasteiger partial charge in [0.2, 0.25) is 0 Å². The largest absolute Gasteiger partial charge is 0.345 e. The Kier molecular flexibility index (Phi) is 9.18. The van der Waals surface area contributed by atoms with Gasteiger partial charge in [0.15, 0.2) is 5.84 Å². The zero-order chi connectivity index (χ0) is 29.5. The average molecular weight is 580 g/mol. The number of hydroxylamine groups is 1. The molecule has 0 aliphatic rings. The molecule has 0 bridgehead atoms. The number of para-hydroxylation sites is 1. The second kappa shape index (κ2) is 13.4. The van der Waals surface area contributed by atoms with Gasteiger partial charge in [0.1, 0.15) is 10.8 Å². The second-order valence-electron chi connectivity index (χ2n) is 9.96. The number of thiazole rings is 1. The van der Waals surface area contributed by atoms with Crippen molar-refractivity contribution >= 4 is 33.9 Å². The topological polar surface area (TPSA) is 98.5 Å². The summed E-state index contributed by atoms with van der Waals surface area (Å²) in [6, 6.07) is 24.0. The number of unbranched alkanes of at least 4 members (excludes halogenated alkanes) is 1. The summed E-state index contributed by atoms with van der Waals surface area (Å²) in [7, 11) is 1.63. The van der Waals surface area contributed by atoms with E-state index in [-0.39, 0.29) is 5.56 Å². The van der Waals surface area contributed by atoms with Gasteiger partial charge in [0, 0.05) is 24.6 Å². The predicted molar refractivity (Wildman–Crippen MR) is 168 cm³/mol. The van der Waals surface area contributed by atoms with Crippen LogP contribution < -0.4 is 11.0 Å². The standard InChI is InChI=1S/C33H33N5O3S/c1-4-5-12-28-27(33(40)38(22(2)35-28)20-31-36-29-13-8-9-14-30(29)42-31)19-23-15-17-24(18-16-23)25-10-6-7-11-26(25)32(34-3)37-41-21-39/h6-11,13-18,21H,4-5,12,19-20H2,1-3H3,(H,34,37). The molecule has 5 aromatic rings. The van der Waals surface area contributed by atoms with Gasteiger partial charge >= 0.3 is 6.47 Å². The van der Waals surface area contributed by atoms with Crippen LogP contribution in [0, 0.1) is 6.92 Å². The molecule has 0 spiro atoms. The summed E-state index contributed by atoms with van der Waals surface area (Å²) in [4.78, 5) is 43.3. The van der Waals surface area contributed by atoms with Gasteiger partial charge in [-0.1, -0.05) is 74.0 Å². The highest BCUT2D eigenvalue weighted by Gasteiger charge is 2.17. The van der Waals surface area contributed by atoms with Crippen molar-refractivity contribution in [2.45, 2.75) is 46.1 Å². The molecule has 8 nitrogen and oxygen atoms in total. The third kappa shape index (κ3) is 6.31. The molecule has 0 atom stereocenters. The number of nitrogens with one attached hydrogen (secondary N) is 1. The number of carbonyl (C=O) groups excluding carboxylic acids is 1. The summed E-state index contributed by atoms with van der Waals surface area (Å²) in [5.74, 6) is 1.16. The number of aromatic nitrogens is 3. The Morgan fingerprint density at radius 2 is 1.81 bits per heavy atom. The fraction of sp³-hybridized carbons (Fsp3) is 0.242. The van der Waals surface area contributed by atoms with Crippen molar-refractivity contribution in [2.24, 2.45) is 4.99 Å². The smallest absolute Gasteiger partial charge is 0.320 e. The van der Waals surface area contributed by atoms with Gasteiger partial charge in [-0.3, -0.25) is 19.1 Å². The maximum atomic E-state index is 14.0. The van der Waals surface area contributed by atoms with Crippen molar-refractivity contribution in [3.8, 4) is 11.1 Å². The quantitative estimate of drug-likeness (QED) is 0.0911. The Morgan fingerprint density at radius 1 is 1.05 bits per heavy atom. The number of benzene rings is 3. The van der Waals surface area contributed by atoms with Gasteiger partial charge in [-0.05, 0) is 48.6 Å². The average Bonchev–Trinajstić information content (AvgIpc) is 3.43. The molecule has 9 heteroatoms. The van der Waals surface area contributed by atoms with Crippen molar-refractivity contribution in [3.63, 3.8) is 0 Å². The summed E-state index contributed by atoms with van der Waals surface area (Å²) < 4.78 is 2.87. The number of amidine groups is 1. The second-order valence-corrected chi connectivity index (χ2v) is 11.1. The Balaban J connectivity index is 1.46. The minimum Gasteiger partial charge on any atom is -0.345 e. The van der Waals surface area contributed by atoms with Crippen LogP contribution in [0.15, 0.2) is 82.6 Å². The van der Waals surface area contributed by atoms with E-state index in [1.165, 1.54) is 0 Å². The van der Waals surface area contributed by atoms with E-state index < -0.39 is 0 Å². The highest BCUT2D eigenvalue weighted by atomic mass is 32.1. The minimum absolute atomic E-state index is 0.00710. The molecular weight excluding hydrogens is 546 g/mol. The molecule has 2 heterocycles. The summed E-state index contributed by atoms with van der Waals surface area (Å²) in [5, 5.41) is 0.890. The molecule has 214 valence electrons. The molecule has 0 saturated carbocycles. The number of rotatable bonds is 11. The number of hydrogen-bond donors (Lipinski definition) is 1. The van der Waals surface area contributed by atoms with Gasteiger partial charge in [0.25, 0.3) is 5.56 Å². The van der Waals surface area contributed by atoms with Crippen LogP contribution >= 0.6 is 11.3 Å². The first-order valence-electron chi connectivity index (χ1n) is 14.0. The van der Waals surface area contributed by atoms with E-state index in [4.69, 9.17) is 14.8 Å². The van der Waals surface area contributed by atoms with Gasteiger partial charge in [0.05, 0.1) is 22.5 Å². The molecule has 2 aromatic heterocycles. The van der Waals surface area contributed by atoms with Crippen molar-refractivity contribution in [3.05, 3.63) is 116 Å². The van der Waals surface area contributed by atoms with Gasteiger partial charge in [-0.2, -0.15) is 0 Å². The number of fused-ring (bicyclic) bond motifs is 1. The van der Waals surface area contributed by atoms with Crippen molar-refractivity contribution in [1.82, 2.24) is 20.0 Å². The number of aliphatic imine (C=N–C) groups is 1. The summed E-state index contributed by atoms with van der Waals surface area (Å²) in [6.45, 7) is 4.77. The minimum atomic E-state index is -0.00710. The van der Waals surface area contributed by atoms with E-state index >= 15 is 0 Å². The lowest BCUT2D eigenvalue weighted by Gasteiger charge is -2.15. The lowest BCUT2D eigenvalue weighted by Crippen LogP contribution is -2.30. The van der Waals surface area contributed by atoms with Crippen LogP contribution in [0.4, 0.5) is 0 Å². The predicted octanol–water partition coefficient (Wildman–Crippen LogP) is 5.86. The molecule has 5 rings (SSSR count). The van der Waals surface area contributed by atoms with Crippen molar-refractivity contribution in [1.29, 1.82) is 0 Å². The van der Waals surface area contributed by atoms with E-state index in [1.807, 2.05) is 73.7 Å². The SMILES string of the molecule is CCCCc1nc(C)n(Cc2nc3ccccc3s2)c(=O)c1Cc1ccc(-c2ccccc2C(=NC)NOC=O)cc1. The normalized spacial score (nSPS) is 11.5. The van der Waals surface area contributed by atoms with Crippen LogP contribution in [0.2, 0.25) is 0 Å². The molecule has 0 aliphatic heterocycles. The highest BCUT2D eigenvalue weighted by Crippen LogP contribution is 2.26. The zero-order valence-electron chi connectivity index (χ0n) is 24.0. The Hall–Kier alpha value is -4.63. The molecule has 3 aromatic carbocycles. The molecule has 0 fully saturated rings. The molecular formula is C33H33N5O3S. The molecule has 0 radical (unpaired) electrons. The van der Waals surface area contributed by atoms with E-state index in [9.17, 15) is 9.59 Å². The Morgan fingerprint density at radius 3 is 2.55 bits per heavy atom. The Bertz CT molecular complexity index is 1760. The summed E-state index contributed by atoms with van der Waals surface area (Å²) >= 11 is 1.61. The molecule has 0 amide bonds. The maximum Gasteiger partial charge on any atom is 0.320 e. The van der Waals surface area contributed by atoms with Gasteiger partial charge < -0.3 is 4.84 Å². The lowest BCUT2D eigenvalue weighted by molar-refractivity contribution is -0.132. The van der Waals surface area contributed by atoms with Crippen molar-refractivity contribution in [2.75, 3.05) is 7.05 Å². The molecule has 0 unspecified atom stereocenters.